The molecule has 0 fully saturated rings. The molecular weight excluding hydrogens is 290 g/mol. The fraction of sp³-hybridized carbons (Fsp3) is 0.500. The number of rotatable bonds is 5. The van der Waals surface area contributed by atoms with Gasteiger partial charge in [0.1, 0.15) is 11.6 Å². The predicted molar refractivity (Wildman–Crippen MR) is 68.3 cm³/mol. The molecule has 5 heteroatoms. The molecule has 0 saturated carbocycles. The van der Waals surface area contributed by atoms with Gasteiger partial charge in [-0.15, -0.1) is 0 Å². The van der Waals surface area contributed by atoms with Gasteiger partial charge in [-0.1, -0.05) is 20.3 Å². The molecule has 96 valence electrons. The Balaban J connectivity index is 2.97. The zero-order valence-electron chi connectivity index (χ0n) is 9.93. The van der Waals surface area contributed by atoms with Crippen LogP contribution in [0.3, 0.4) is 0 Å². The average Bonchev–Trinajstić information content (AvgIpc) is 2.33. The molecular formula is C12H17BrF2N2. The van der Waals surface area contributed by atoms with Crippen molar-refractivity contribution < 1.29 is 8.78 Å². The monoisotopic (exact) mass is 306 g/mol. The molecule has 1 aromatic rings. The lowest BCUT2D eigenvalue weighted by atomic mass is 9.93. The van der Waals surface area contributed by atoms with Crippen molar-refractivity contribution in [3.63, 3.8) is 0 Å². The Kier molecular flexibility index (Phi) is 5.49. The van der Waals surface area contributed by atoms with E-state index in [0.29, 0.717) is 0 Å². The van der Waals surface area contributed by atoms with E-state index in [1.54, 1.807) is 0 Å². The van der Waals surface area contributed by atoms with Crippen molar-refractivity contribution in [3.05, 3.63) is 33.8 Å². The third kappa shape index (κ3) is 3.47. The van der Waals surface area contributed by atoms with Crippen LogP contribution in [0.4, 0.5) is 8.78 Å². The summed E-state index contributed by atoms with van der Waals surface area (Å²) >= 11 is 3.05. The first-order chi connectivity index (χ1) is 8.01. The van der Waals surface area contributed by atoms with Crippen LogP contribution in [0.15, 0.2) is 16.6 Å². The van der Waals surface area contributed by atoms with Gasteiger partial charge in [0.15, 0.2) is 0 Å². The first kappa shape index (κ1) is 14.5. The van der Waals surface area contributed by atoms with Crippen LogP contribution in [0.25, 0.3) is 0 Å². The normalized spacial score (nSPS) is 14.7. The zero-order chi connectivity index (χ0) is 13.0. The van der Waals surface area contributed by atoms with Gasteiger partial charge < -0.3 is 0 Å². The summed E-state index contributed by atoms with van der Waals surface area (Å²) in [5.41, 5.74) is 2.70. The molecule has 0 saturated heterocycles. The maximum Gasteiger partial charge on any atom is 0.143 e. The summed E-state index contributed by atoms with van der Waals surface area (Å²) in [7, 11) is 0. The molecule has 0 amide bonds. The summed E-state index contributed by atoms with van der Waals surface area (Å²) in [6, 6.07) is 2.48. The molecule has 1 aromatic carbocycles. The van der Waals surface area contributed by atoms with Crippen LogP contribution in [0.5, 0.6) is 0 Å². The van der Waals surface area contributed by atoms with Crippen LogP contribution < -0.4 is 11.3 Å². The Morgan fingerprint density at radius 2 is 2.06 bits per heavy atom. The molecule has 0 radical (unpaired) electrons. The SMILES string of the molecule is CCC(C)C(Cc1c(F)ccc(Br)c1F)NN. The van der Waals surface area contributed by atoms with Crippen molar-refractivity contribution in [1.29, 1.82) is 0 Å². The Hall–Kier alpha value is -0.520. The van der Waals surface area contributed by atoms with E-state index in [4.69, 9.17) is 5.84 Å². The van der Waals surface area contributed by atoms with E-state index in [-0.39, 0.29) is 28.4 Å². The third-order valence-corrected chi connectivity index (χ3v) is 3.72. The maximum atomic E-state index is 13.8. The minimum absolute atomic E-state index is 0.0719. The quantitative estimate of drug-likeness (QED) is 0.498. The van der Waals surface area contributed by atoms with Gasteiger partial charge in [0, 0.05) is 11.6 Å². The van der Waals surface area contributed by atoms with Crippen LogP contribution >= 0.6 is 15.9 Å². The standard InChI is InChI=1S/C12H17BrF2N2/c1-3-7(2)11(17-16)6-8-10(14)5-4-9(13)12(8)15/h4-5,7,11,17H,3,6,16H2,1-2H3. The van der Waals surface area contributed by atoms with Gasteiger partial charge in [-0.2, -0.15) is 0 Å². The van der Waals surface area contributed by atoms with Gasteiger partial charge in [-0.05, 0) is 40.4 Å². The van der Waals surface area contributed by atoms with E-state index in [9.17, 15) is 8.78 Å². The lowest BCUT2D eigenvalue weighted by Gasteiger charge is -2.22. The number of nitrogens with one attached hydrogen (secondary N) is 1. The van der Waals surface area contributed by atoms with E-state index in [0.717, 1.165) is 6.42 Å². The lowest BCUT2D eigenvalue weighted by Crippen LogP contribution is -2.41. The molecule has 0 spiro atoms. The number of nitrogens with two attached hydrogens (primary N) is 1. The molecule has 0 aliphatic heterocycles. The van der Waals surface area contributed by atoms with Gasteiger partial charge in [-0.3, -0.25) is 11.3 Å². The summed E-state index contributed by atoms with van der Waals surface area (Å²) in [6.45, 7) is 4.01. The molecule has 2 nitrogen and oxygen atoms in total. The number of hydrogen-bond donors (Lipinski definition) is 2. The highest BCUT2D eigenvalue weighted by Crippen LogP contribution is 2.24. The molecule has 0 aliphatic carbocycles. The summed E-state index contributed by atoms with van der Waals surface area (Å²) in [6.07, 6.45) is 1.13. The number of halogens is 3. The maximum absolute atomic E-state index is 13.8. The zero-order valence-corrected chi connectivity index (χ0v) is 11.5. The van der Waals surface area contributed by atoms with E-state index in [2.05, 4.69) is 21.4 Å². The van der Waals surface area contributed by atoms with Crippen molar-refractivity contribution in [1.82, 2.24) is 5.43 Å². The Morgan fingerprint density at radius 3 is 2.59 bits per heavy atom. The van der Waals surface area contributed by atoms with E-state index in [1.165, 1.54) is 12.1 Å². The molecule has 1 rings (SSSR count). The van der Waals surface area contributed by atoms with E-state index < -0.39 is 11.6 Å². The molecule has 0 heterocycles. The van der Waals surface area contributed by atoms with Crippen LogP contribution in [0.1, 0.15) is 25.8 Å². The molecule has 0 bridgehead atoms. The van der Waals surface area contributed by atoms with Crippen molar-refractivity contribution >= 4 is 15.9 Å². The second kappa shape index (κ2) is 6.42. The summed E-state index contributed by atoms with van der Waals surface area (Å²) in [4.78, 5) is 0. The van der Waals surface area contributed by atoms with Crippen LogP contribution in [0.2, 0.25) is 0 Å². The fourth-order valence-corrected chi connectivity index (χ4v) is 2.06. The molecule has 2 atom stereocenters. The van der Waals surface area contributed by atoms with Gasteiger partial charge in [0.05, 0.1) is 4.47 Å². The predicted octanol–water partition coefficient (Wildman–Crippen LogP) is 3.15. The third-order valence-electron chi connectivity index (χ3n) is 3.11. The smallest absolute Gasteiger partial charge is 0.143 e. The topological polar surface area (TPSA) is 38.0 Å². The second-order valence-electron chi connectivity index (χ2n) is 4.18. The molecule has 3 N–H and O–H groups in total. The van der Waals surface area contributed by atoms with Crippen molar-refractivity contribution in [3.8, 4) is 0 Å². The van der Waals surface area contributed by atoms with Gasteiger partial charge in [0.2, 0.25) is 0 Å². The van der Waals surface area contributed by atoms with Crippen LogP contribution in [-0.4, -0.2) is 6.04 Å². The minimum Gasteiger partial charge on any atom is -0.271 e. The molecule has 2 unspecified atom stereocenters. The summed E-state index contributed by atoms with van der Waals surface area (Å²) < 4.78 is 27.6. The average molecular weight is 307 g/mol. The van der Waals surface area contributed by atoms with Crippen LogP contribution in [-0.2, 0) is 6.42 Å². The number of hydrazine groups is 1. The van der Waals surface area contributed by atoms with Crippen molar-refractivity contribution in [2.24, 2.45) is 11.8 Å². The first-order valence-corrected chi connectivity index (χ1v) is 6.39. The Morgan fingerprint density at radius 1 is 1.41 bits per heavy atom. The van der Waals surface area contributed by atoms with Gasteiger partial charge >= 0.3 is 0 Å². The largest absolute Gasteiger partial charge is 0.271 e. The van der Waals surface area contributed by atoms with Crippen molar-refractivity contribution in [2.75, 3.05) is 0 Å². The Bertz CT molecular complexity index is 385. The van der Waals surface area contributed by atoms with Crippen LogP contribution in [0, 0.1) is 17.6 Å². The molecule has 0 aliphatic rings. The van der Waals surface area contributed by atoms with E-state index in [1.807, 2.05) is 13.8 Å². The highest BCUT2D eigenvalue weighted by atomic mass is 79.9. The van der Waals surface area contributed by atoms with E-state index >= 15 is 0 Å². The van der Waals surface area contributed by atoms with Gasteiger partial charge in [0.25, 0.3) is 0 Å². The number of benzene rings is 1. The highest BCUT2D eigenvalue weighted by Gasteiger charge is 2.20. The summed E-state index contributed by atoms with van der Waals surface area (Å²) in [5.74, 6) is 4.60. The van der Waals surface area contributed by atoms with Gasteiger partial charge in [-0.25, -0.2) is 8.78 Å². The fourth-order valence-electron chi connectivity index (χ4n) is 1.68. The first-order valence-electron chi connectivity index (χ1n) is 5.59. The number of hydrogen-bond acceptors (Lipinski definition) is 2. The lowest BCUT2D eigenvalue weighted by molar-refractivity contribution is 0.361. The van der Waals surface area contributed by atoms with Crippen molar-refractivity contribution in [2.45, 2.75) is 32.7 Å². The molecule has 17 heavy (non-hydrogen) atoms. The highest BCUT2D eigenvalue weighted by molar-refractivity contribution is 9.10. The second-order valence-corrected chi connectivity index (χ2v) is 5.04. The molecule has 0 aromatic heterocycles. The Labute approximate surface area is 109 Å². The minimum atomic E-state index is -0.548. The summed E-state index contributed by atoms with van der Waals surface area (Å²) in [5, 5.41) is 0.